The predicted molar refractivity (Wildman–Crippen MR) is 81.8 cm³/mol. The Bertz CT molecular complexity index is 673. The molecule has 0 aromatic heterocycles. The van der Waals surface area contributed by atoms with E-state index in [4.69, 9.17) is 4.74 Å². The summed E-state index contributed by atoms with van der Waals surface area (Å²) in [5.74, 6) is -0.125. The lowest BCUT2D eigenvalue weighted by molar-refractivity contribution is -0.118. The molecule has 2 aromatic rings. The standard InChI is InChI=1S/C17H16FNO3/c1-11-7-13(9-20)8-12(2)17(11)22-10-16(21)19-15-5-3-14(18)4-6-15/h3-9H,10H2,1-2H3,(H,19,21). The number of carbonyl (C=O) groups is 2. The van der Waals surface area contributed by atoms with Crippen LogP contribution in [0.4, 0.5) is 10.1 Å². The van der Waals surface area contributed by atoms with Gasteiger partial charge in [0.15, 0.2) is 6.61 Å². The minimum absolute atomic E-state index is 0.167. The summed E-state index contributed by atoms with van der Waals surface area (Å²) < 4.78 is 18.3. The summed E-state index contributed by atoms with van der Waals surface area (Å²) in [6.07, 6.45) is 0.769. The van der Waals surface area contributed by atoms with Crippen LogP contribution in [0.15, 0.2) is 36.4 Å². The van der Waals surface area contributed by atoms with Gasteiger partial charge in [0.05, 0.1) is 0 Å². The number of ether oxygens (including phenoxy) is 1. The Morgan fingerprint density at radius 2 is 1.77 bits per heavy atom. The second-order valence-electron chi connectivity index (χ2n) is 4.95. The van der Waals surface area contributed by atoms with Crippen LogP contribution < -0.4 is 10.1 Å². The molecule has 1 amide bonds. The largest absolute Gasteiger partial charge is 0.483 e. The molecular formula is C17H16FNO3. The van der Waals surface area contributed by atoms with Gasteiger partial charge in [0, 0.05) is 11.3 Å². The van der Waals surface area contributed by atoms with Crippen molar-refractivity contribution in [1.82, 2.24) is 0 Å². The number of benzene rings is 2. The van der Waals surface area contributed by atoms with E-state index in [2.05, 4.69) is 5.32 Å². The summed E-state index contributed by atoms with van der Waals surface area (Å²) in [5, 5.41) is 2.61. The van der Waals surface area contributed by atoms with E-state index < -0.39 is 0 Å². The van der Waals surface area contributed by atoms with Gasteiger partial charge in [-0.3, -0.25) is 9.59 Å². The zero-order valence-electron chi connectivity index (χ0n) is 12.4. The van der Waals surface area contributed by atoms with Crippen LogP contribution in [0.5, 0.6) is 5.75 Å². The molecule has 0 aliphatic rings. The van der Waals surface area contributed by atoms with Crippen molar-refractivity contribution in [3.8, 4) is 5.75 Å². The number of aryl methyl sites for hydroxylation is 2. The molecule has 22 heavy (non-hydrogen) atoms. The summed E-state index contributed by atoms with van der Waals surface area (Å²) >= 11 is 0. The van der Waals surface area contributed by atoms with E-state index in [1.807, 2.05) is 13.8 Å². The maximum Gasteiger partial charge on any atom is 0.262 e. The van der Waals surface area contributed by atoms with Crippen LogP contribution in [0, 0.1) is 19.7 Å². The molecule has 0 saturated heterocycles. The average molecular weight is 301 g/mol. The van der Waals surface area contributed by atoms with Gasteiger partial charge >= 0.3 is 0 Å². The molecule has 0 radical (unpaired) electrons. The highest BCUT2D eigenvalue weighted by Gasteiger charge is 2.09. The summed E-state index contributed by atoms with van der Waals surface area (Å²) in [7, 11) is 0. The lowest BCUT2D eigenvalue weighted by Gasteiger charge is -2.13. The van der Waals surface area contributed by atoms with Crippen LogP contribution >= 0.6 is 0 Å². The van der Waals surface area contributed by atoms with Gasteiger partial charge in [0.2, 0.25) is 0 Å². The first kappa shape index (κ1) is 15.7. The van der Waals surface area contributed by atoms with Crippen molar-refractivity contribution in [2.24, 2.45) is 0 Å². The van der Waals surface area contributed by atoms with E-state index >= 15 is 0 Å². The SMILES string of the molecule is Cc1cc(C=O)cc(C)c1OCC(=O)Nc1ccc(F)cc1. The van der Waals surface area contributed by atoms with Crippen molar-refractivity contribution in [2.75, 3.05) is 11.9 Å². The zero-order chi connectivity index (χ0) is 16.1. The quantitative estimate of drug-likeness (QED) is 0.862. The van der Waals surface area contributed by atoms with E-state index in [0.717, 1.165) is 17.4 Å². The Labute approximate surface area is 127 Å². The fourth-order valence-electron chi connectivity index (χ4n) is 2.15. The molecule has 0 aliphatic carbocycles. The molecule has 0 heterocycles. The molecule has 4 nitrogen and oxygen atoms in total. The van der Waals surface area contributed by atoms with Gasteiger partial charge in [-0.15, -0.1) is 0 Å². The van der Waals surface area contributed by atoms with Crippen molar-refractivity contribution >= 4 is 17.9 Å². The molecule has 0 spiro atoms. The number of carbonyl (C=O) groups excluding carboxylic acids is 2. The van der Waals surface area contributed by atoms with Crippen LogP contribution in [0.2, 0.25) is 0 Å². The van der Waals surface area contributed by atoms with Crippen LogP contribution in [0.3, 0.4) is 0 Å². The van der Waals surface area contributed by atoms with Crippen LogP contribution in [0.25, 0.3) is 0 Å². The molecule has 0 unspecified atom stereocenters. The predicted octanol–water partition coefficient (Wildman–Crippen LogP) is 3.27. The number of rotatable bonds is 5. The number of amides is 1. The zero-order valence-corrected chi connectivity index (χ0v) is 12.4. The van der Waals surface area contributed by atoms with Crippen LogP contribution in [-0.2, 0) is 4.79 Å². The molecule has 5 heteroatoms. The molecule has 0 atom stereocenters. The minimum Gasteiger partial charge on any atom is -0.483 e. The second-order valence-corrected chi connectivity index (χ2v) is 4.95. The molecular weight excluding hydrogens is 285 g/mol. The highest BCUT2D eigenvalue weighted by Crippen LogP contribution is 2.24. The third-order valence-electron chi connectivity index (χ3n) is 3.09. The average Bonchev–Trinajstić information content (AvgIpc) is 2.48. The normalized spacial score (nSPS) is 10.1. The lowest BCUT2D eigenvalue weighted by atomic mass is 10.1. The smallest absolute Gasteiger partial charge is 0.262 e. The lowest BCUT2D eigenvalue weighted by Crippen LogP contribution is -2.20. The third kappa shape index (κ3) is 3.91. The Kier molecular flexibility index (Phi) is 4.88. The maximum absolute atomic E-state index is 12.8. The molecule has 2 rings (SSSR count). The Hall–Kier alpha value is -2.69. The monoisotopic (exact) mass is 301 g/mol. The van der Waals surface area contributed by atoms with Crippen molar-refractivity contribution < 1.29 is 18.7 Å². The summed E-state index contributed by atoms with van der Waals surface area (Å²) in [4.78, 5) is 22.6. The van der Waals surface area contributed by atoms with Gasteiger partial charge in [-0.2, -0.15) is 0 Å². The Morgan fingerprint density at radius 3 is 2.32 bits per heavy atom. The van der Waals surface area contributed by atoms with Crippen molar-refractivity contribution in [2.45, 2.75) is 13.8 Å². The number of aldehydes is 1. The Balaban J connectivity index is 1.99. The number of nitrogens with one attached hydrogen (secondary N) is 1. The number of anilines is 1. The fraction of sp³-hybridized carbons (Fsp3) is 0.176. The van der Waals surface area contributed by atoms with E-state index in [1.54, 1.807) is 12.1 Å². The van der Waals surface area contributed by atoms with Crippen LogP contribution in [0.1, 0.15) is 21.5 Å². The first-order valence-electron chi connectivity index (χ1n) is 6.74. The molecule has 0 fully saturated rings. The molecule has 1 N–H and O–H groups in total. The van der Waals surface area contributed by atoms with Crippen molar-refractivity contribution in [1.29, 1.82) is 0 Å². The van der Waals surface area contributed by atoms with Crippen molar-refractivity contribution in [3.05, 3.63) is 58.9 Å². The molecule has 0 saturated carbocycles. The van der Waals surface area contributed by atoms with Crippen molar-refractivity contribution in [3.63, 3.8) is 0 Å². The number of halogens is 1. The van der Waals surface area contributed by atoms with E-state index in [-0.39, 0.29) is 18.3 Å². The highest BCUT2D eigenvalue weighted by atomic mass is 19.1. The molecule has 0 bridgehead atoms. The van der Waals surface area contributed by atoms with E-state index in [1.165, 1.54) is 24.3 Å². The van der Waals surface area contributed by atoms with E-state index in [9.17, 15) is 14.0 Å². The molecule has 2 aromatic carbocycles. The van der Waals surface area contributed by atoms with Gasteiger partial charge in [0.25, 0.3) is 5.91 Å². The highest BCUT2D eigenvalue weighted by molar-refractivity contribution is 5.91. The molecule has 0 aliphatic heterocycles. The number of hydrogen-bond acceptors (Lipinski definition) is 3. The summed E-state index contributed by atoms with van der Waals surface area (Å²) in [6, 6.07) is 8.89. The van der Waals surface area contributed by atoms with E-state index in [0.29, 0.717) is 17.0 Å². The van der Waals surface area contributed by atoms with Crippen LogP contribution in [-0.4, -0.2) is 18.8 Å². The summed E-state index contributed by atoms with van der Waals surface area (Å²) in [5.41, 5.74) is 2.64. The van der Waals surface area contributed by atoms with Gasteiger partial charge in [0.1, 0.15) is 17.9 Å². The van der Waals surface area contributed by atoms with Gasteiger partial charge in [-0.25, -0.2) is 4.39 Å². The Morgan fingerprint density at radius 1 is 1.18 bits per heavy atom. The summed E-state index contributed by atoms with van der Waals surface area (Å²) in [6.45, 7) is 3.46. The second kappa shape index (κ2) is 6.85. The fourth-order valence-corrected chi connectivity index (χ4v) is 2.15. The van der Waals surface area contributed by atoms with Gasteiger partial charge < -0.3 is 10.1 Å². The molecule has 114 valence electrons. The minimum atomic E-state index is -0.365. The number of hydrogen-bond donors (Lipinski definition) is 1. The van der Waals surface area contributed by atoms with Gasteiger partial charge in [-0.05, 0) is 61.4 Å². The topological polar surface area (TPSA) is 55.4 Å². The maximum atomic E-state index is 12.8. The first-order valence-corrected chi connectivity index (χ1v) is 6.74. The third-order valence-corrected chi connectivity index (χ3v) is 3.09. The van der Waals surface area contributed by atoms with Gasteiger partial charge in [-0.1, -0.05) is 0 Å². The first-order chi connectivity index (χ1) is 10.5.